The van der Waals surface area contributed by atoms with Gasteiger partial charge in [-0.25, -0.2) is 4.98 Å². The molecular formula is C18H19F3N2OS. The topological polar surface area (TPSA) is 42.0 Å². The lowest BCUT2D eigenvalue weighted by Crippen LogP contribution is -2.33. The molecule has 1 fully saturated rings. The van der Waals surface area contributed by atoms with E-state index in [4.69, 9.17) is 0 Å². The number of nitrogens with zero attached hydrogens (tertiary/aromatic N) is 1. The maximum atomic E-state index is 12.9. The fraction of sp³-hybridized carbons (Fsp3) is 0.444. The number of amides is 1. The summed E-state index contributed by atoms with van der Waals surface area (Å²) in [5.74, 6) is -0.0732. The molecule has 1 amide bonds. The van der Waals surface area contributed by atoms with Gasteiger partial charge < -0.3 is 5.32 Å². The Labute approximate surface area is 148 Å². The number of hydrogen-bond acceptors (Lipinski definition) is 3. The zero-order valence-corrected chi connectivity index (χ0v) is 14.6. The van der Waals surface area contributed by atoms with Gasteiger partial charge >= 0.3 is 6.18 Å². The van der Waals surface area contributed by atoms with Gasteiger partial charge in [-0.3, -0.25) is 4.79 Å². The number of aryl methyl sites for hydroxylation is 1. The summed E-state index contributed by atoms with van der Waals surface area (Å²) in [7, 11) is 0. The zero-order chi connectivity index (χ0) is 18.0. The third-order valence-electron chi connectivity index (χ3n) is 4.38. The van der Waals surface area contributed by atoms with Crippen LogP contribution in [-0.2, 0) is 17.4 Å². The molecule has 0 spiro atoms. The fourth-order valence-corrected chi connectivity index (χ4v) is 3.97. The number of hydrogen-bond donors (Lipinski definition) is 1. The van der Waals surface area contributed by atoms with E-state index in [2.05, 4.69) is 10.3 Å². The molecular weight excluding hydrogens is 349 g/mol. The first-order valence-electron chi connectivity index (χ1n) is 8.26. The van der Waals surface area contributed by atoms with Gasteiger partial charge in [0.1, 0.15) is 5.01 Å². The normalized spacial score (nSPS) is 15.5. The van der Waals surface area contributed by atoms with Crippen LogP contribution in [0.2, 0.25) is 0 Å². The zero-order valence-electron chi connectivity index (χ0n) is 13.8. The van der Waals surface area contributed by atoms with Gasteiger partial charge in [0, 0.05) is 16.5 Å². The van der Waals surface area contributed by atoms with Crippen molar-refractivity contribution in [3.05, 3.63) is 40.4 Å². The van der Waals surface area contributed by atoms with Gasteiger partial charge in [-0.2, -0.15) is 13.2 Å². The van der Waals surface area contributed by atoms with Crippen LogP contribution in [0.5, 0.6) is 0 Å². The summed E-state index contributed by atoms with van der Waals surface area (Å²) in [6, 6.07) is 5.37. The van der Waals surface area contributed by atoms with Gasteiger partial charge in [-0.05, 0) is 31.9 Å². The lowest BCUT2D eigenvalue weighted by molar-refractivity contribution is -0.137. The third-order valence-corrected chi connectivity index (χ3v) is 5.44. The van der Waals surface area contributed by atoms with Gasteiger partial charge in [0.25, 0.3) is 0 Å². The molecule has 0 atom stereocenters. The highest BCUT2D eigenvalue weighted by Gasteiger charge is 2.30. The number of rotatable bonds is 4. The first-order valence-corrected chi connectivity index (χ1v) is 9.08. The summed E-state index contributed by atoms with van der Waals surface area (Å²) in [6.45, 7) is 1.84. The van der Waals surface area contributed by atoms with Crippen molar-refractivity contribution in [1.82, 2.24) is 10.3 Å². The Bertz CT molecular complexity index is 764. The van der Waals surface area contributed by atoms with Crippen LogP contribution in [0.1, 0.15) is 41.8 Å². The van der Waals surface area contributed by atoms with E-state index in [-0.39, 0.29) is 18.4 Å². The minimum atomic E-state index is -4.38. The molecule has 3 nitrogen and oxygen atoms in total. The molecule has 1 N–H and O–H groups in total. The Hall–Kier alpha value is -1.89. The van der Waals surface area contributed by atoms with Crippen LogP contribution in [0.4, 0.5) is 13.2 Å². The second kappa shape index (κ2) is 7.15. The molecule has 1 saturated carbocycles. The van der Waals surface area contributed by atoms with Crippen LogP contribution in [0.15, 0.2) is 24.3 Å². The Morgan fingerprint density at radius 3 is 2.72 bits per heavy atom. The third kappa shape index (κ3) is 4.39. The lowest BCUT2D eigenvalue weighted by atomic mass is 10.1. The smallest absolute Gasteiger partial charge is 0.353 e. The Balaban J connectivity index is 1.75. The van der Waals surface area contributed by atoms with Crippen LogP contribution < -0.4 is 5.32 Å². The highest BCUT2D eigenvalue weighted by molar-refractivity contribution is 7.15. The number of aromatic nitrogens is 1. The molecule has 0 bridgehead atoms. The predicted octanol–water partition coefficient (Wildman–Crippen LogP) is 4.74. The SMILES string of the molecule is Cc1sc(-c2cccc(C(F)(F)F)c2)nc1CC(=O)NC1CCCC1. The van der Waals surface area contributed by atoms with E-state index in [1.54, 1.807) is 6.07 Å². The molecule has 0 aliphatic heterocycles. The molecule has 0 radical (unpaired) electrons. The van der Waals surface area contributed by atoms with Gasteiger partial charge in [0.2, 0.25) is 5.91 Å². The molecule has 1 aliphatic carbocycles. The maximum Gasteiger partial charge on any atom is 0.416 e. The number of thiazole rings is 1. The van der Waals surface area contributed by atoms with Gasteiger partial charge in [-0.1, -0.05) is 25.0 Å². The average Bonchev–Trinajstić information content (AvgIpc) is 3.17. The Morgan fingerprint density at radius 2 is 2.04 bits per heavy atom. The quantitative estimate of drug-likeness (QED) is 0.847. The summed E-state index contributed by atoms with van der Waals surface area (Å²) in [4.78, 5) is 17.4. The highest BCUT2D eigenvalue weighted by atomic mass is 32.1. The minimum absolute atomic E-state index is 0.0732. The fourth-order valence-electron chi connectivity index (χ4n) is 3.05. The van der Waals surface area contributed by atoms with E-state index >= 15 is 0 Å². The van der Waals surface area contributed by atoms with Crippen molar-refractivity contribution in [3.63, 3.8) is 0 Å². The molecule has 1 heterocycles. The molecule has 0 unspecified atom stereocenters. The van der Waals surface area contributed by atoms with Crippen LogP contribution in [0, 0.1) is 6.92 Å². The number of carbonyl (C=O) groups is 1. The van der Waals surface area contributed by atoms with Crippen molar-refractivity contribution in [2.45, 2.75) is 51.2 Å². The van der Waals surface area contributed by atoms with Crippen molar-refractivity contribution in [2.75, 3.05) is 0 Å². The number of halogens is 3. The van der Waals surface area contributed by atoms with E-state index in [0.29, 0.717) is 16.3 Å². The van der Waals surface area contributed by atoms with E-state index in [1.165, 1.54) is 17.4 Å². The summed E-state index contributed by atoms with van der Waals surface area (Å²) >= 11 is 1.31. The van der Waals surface area contributed by atoms with Gasteiger partial charge in [-0.15, -0.1) is 11.3 Å². The Morgan fingerprint density at radius 1 is 1.32 bits per heavy atom. The molecule has 1 aromatic heterocycles. The van der Waals surface area contributed by atoms with Crippen molar-refractivity contribution in [2.24, 2.45) is 0 Å². The number of nitrogens with one attached hydrogen (secondary N) is 1. The Kier molecular flexibility index (Phi) is 5.13. The van der Waals surface area contributed by atoms with E-state index < -0.39 is 11.7 Å². The monoisotopic (exact) mass is 368 g/mol. The molecule has 1 aliphatic rings. The predicted molar refractivity (Wildman–Crippen MR) is 91.4 cm³/mol. The minimum Gasteiger partial charge on any atom is -0.353 e. The van der Waals surface area contributed by atoms with E-state index in [9.17, 15) is 18.0 Å². The largest absolute Gasteiger partial charge is 0.416 e. The van der Waals surface area contributed by atoms with Crippen molar-refractivity contribution in [1.29, 1.82) is 0 Å². The molecule has 25 heavy (non-hydrogen) atoms. The molecule has 2 aromatic rings. The van der Waals surface area contributed by atoms with Crippen LogP contribution in [0.3, 0.4) is 0 Å². The summed E-state index contributed by atoms with van der Waals surface area (Å²) in [5.41, 5.74) is 0.358. The van der Waals surface area contributed by atoms with Gasteiger partial charge in [0.15, 0.2) is 0 Å². The number of benzene rings is 1. The highest BCUT2D eigenvalue weighted by Crippen LogP contribution is 2.34. The van der Waals surface area contributed by atoms with E-state index in [1.807, 2.05) is 6.92 Å². The average molecular weight is 368 g/mol. The van der Waals surface area contributed by atoms with E-state index in [0.717, 1.165) is 42.7 Å². The van der Waals surface area contributed by atoms with Crippen molar-refractivity contribution >= 4 is 17.2 Å². The van der Waals surface area contributed by atoms with Crippen molar-refractivity contribution < 1.29 is 18.0 Å². The molecule has 3 rings (SSSR count). The first-order chi connectivity index (χ1) is 11.8. The van der Waals surface area contributed by atoms with Crippen LogP contribution in [-0.4, -0.2) is 16.9 Å². The molecule has 7 heteroatoms. The second-order valence-corrected chi connectivity index (χ2v) is 7.53. The van der Waals surface area contributed by atoms with Crippen molar-refractivity contribution in [3.8, 4) is 10.6 Å². The summed E-state index contributed by atoms with van der Waals surface area (Å²) < 4.78 is 38.6. The summed E-state index contributed by atoms with van der Waals surface area (Å²) in [6.07, 6.45) is 0.0827. The number of alkyl halides is 3. The van der Waals surface area contributed by atoms with Crippen LogP contribution >= 0.6 is 11.3 Å². The molecule has 0 saturated heterocycles. The first kappa shape index (κ1) is 17.9. The molecule has 1 aromatic carbocycles. The van der Waals surface area contributed by atoms with Crippen LogP contribution in [0.25, 0.3) is 10.6 Å². The molecule has 134 valence electrons. The second-order valence-electron chi connectivity index (χ2n) is 6.33. The summed E-state index contributed by atoms with van der Waals surface area (Å²) in [5, 5.41) is 3.52. The van der Waals surface area contributed by atoms with Gasteiger partial charge in [0.05, 0.1) is 17.7 Å². The standard InChI is InChI=1S/C18H19F3N2OS/c1-11-15(10-16(24)22-14-7-2-3-8-14)23-17(25-11)12-5-4-6-13(9-12)18(19,20)21/h4-6,9,14H,2-3,7-8,10H2,1H3,(H,22,24). The maximum absolute atomic E-state index is 12.9. The number of carbonyl (C=O) groups excluding carboxylic acids is 1. The lowest BCUT2D eigenvalue weighted by Gasteiger charge is -2.11.